The van der Waals surface area contributed by atoms with E-state index in [0.29, 0.717) is 11.5 Å². The molecule has 1 aromatic carbocycles. The monoisotopic (exact) mass is 359 g/mol. The highest BCUT2D eigenvalue weighted by Gasteiger charge is 2.31. The summed E-state index contributed by atoms with van der Waals surface area (Å²) < 4.78 is 0. The summed E-state index contributed by atoms with van der Waals surface area (Å²) in [5.41, 5.74) is 1.71. The molecule has 1 atom stereocenters. The summed E-state index contributed by atoms with van der Waals surface area (Å²) >= 11 is 0. The van der Waals surface area contributed by atoms with Crippen LogP contribution >= 0.6 is 0 Å². The van der Waals surface area contributed by atoms with Crippen LogP contribution in [0.3, 0.4) is 0 Å². The highest BCUT2D eigenvalue weighted by atomic mass is 16.2. The third-order valence-electron chi connectivity index (χ3n) is 5.26. The van der Waals surface area contributed by atoms with Gasteiger partial charge in [0, 0.05) is 18.7 Å². The average molecular weight is 360 g/mol. The molecule has 26 heavy (non-hydrogen) atoms. The van der Waals surface area contributed by atoms with Crippen LogP contribution in [0, 0.1) is 18.8 Å². The fourth-order valence-electron chi connectivity index (χ4n) is 3.43. The predicted octanol–water partition coefficient (Wildman–Crippen LogP) is 2.60. The fraction of sp³-hybridized carbons (Fsp3) is 0.619. The largest absolute Gasteiger partial charge is 0.341 e. The van der Waals surface area contributed by atoms with E-state index in [0.717, 1.165) is 44.5 Å². The Morgan fingerprint density at radius 1 is 1.15 bits per heavy atom. The maximum Gasteiger partial charge on any atom is 0.251 e. The van der Waals surface area contributed by atoms with Gasteiger partial charge in [-0.05, 0) is 63.7 Å². The lowest BCUT2D eigenvalue weighted by atomic mass is 9.92. The minimum Gasteiger partial charge on any atom is -0.341 e. The van der Waals surface area contributed by atoms with Crippen LogP contribution in [0.15, 0.2) is 24.3 Å². The van der Waals surface area contributed by atoms with Crippen molar-refractivity contribution in [1.29, 1.82) is 0 Å². The van der Waals surface area contributed by atoms with Gasteiger partial charge in [-0.3, -0.25) is 9.59 Å². The number of benzene rings is 1. The molecule has 2 rings (SSSR count). The number of carbonyl (C=O) groups excluding carboxylic acids is 2. The van der Waals surface area contributed by atoms with Crippen molar-refractivity contribution in [3.05, 3.63) is 35.4 Å². The number of hydrogen-bond donors (Lipinski definition) is 2. The van der Waals surface area contributed by atoms with Gasteiger partial charge >= 0.3 is 0 Å². The first-order valence-electron chi connectivity index (χ1n) is 9.73. The van der Waals surface area contributed by atoms with Crippen molar-refractivity contribution in [3.63, 3.8) is 0 Å². The Morgan fingerprint density at radius 3 is 2.31 bits per heavy atom. The van der Waals surface area contributed by atoms with Crippen molar-refractivity contribution in [1.82, 2.24) is 15.5 Å². The molecule has 0 radical (unpaired) electrons. The molecule has 0 aliphatic carbocycles. The van der Waals surface area contributed by atoms with Crippen LogP contribution < -0.4 is 10.6 Å². The van der Waals surface area contributed by atoms with Gasteiger partial charge in [-0.1, -0.05) is 31.5 Å². The zero-order valence-electron chi connectivity index (χ0n) is 16.5. The summed E-state index contributed by atoms with van der Waals surface area (Å²) in [6.07, 6.45) is 3.25. The van der Waals surface area contributed by atoms with Crippen LogP contribution in [0.2, 0.25) is 0 Å². The molecule has 1 aliphatic rings. The van der Waals surface area contributed by atoms with E-state index >= 15 is 0 Å². The fourth-order valence-corrected chi connectivity index (χ4v) is 3.43. The lowest BCUT2D eigenvalue weighted by Crippen LogP contribution is -2.53. The van der Waals surface area contributed by atoms with E-state index in [9.17, 15) is 9.59 Å². The average Bonchev–Trinajstić information content (AvgIpc) is 2.64. The number of nitrogens with one attached hydrogen (secondary N) is 2. The predicted molar refractivity (Wildman–Crippen MR) is 105 cm³/mol. The van der Waals surface area contributed by atoms with Gasteiger partial charge in [0.1, 0.15) is 6.04 Å². The van der Waals surface area contributed by atoms with Crippen molar-refractivity contribution in [3.8, 4) is 0 Å². The minimum atomic E-state index is -0.474. The summed E-state index contributed by atoms with van der Waals surface area (Å²) in [6, 6.07) is 6.96. The van der Waals surface area contributed by atoms with E-state index < -0.39 is 6.04 Å². The molecule has 1 aliphatic heterocycles. The molecule has 0 bridgehead atoms. The Labute approximate surface area is 157 Å². The second-order valence-corrected chi connectivity index (χ2v) is 7.72. The van der Waals surface area contributed by atoms with Crippen LogP contribution in [-0.4, -0.2) is 49.4 Å². The van der Waals surface area contributed by atoms with E-state index in [4.69, 9.17) is 0 Å². The number of aryl methyl sites for hydroxylation is 1. The van der Waals surface area contributed by atoms with Gasteiger partial charge in [-0.25, -0.2) is 0 Å². The third-order valence-corrected chi connectivity index (χ3v) is 5.26. The Kier molecular flexibility index (Phi) is 7.64. The van der Waals surface area contributed by atoms with E-state index in [1.807, 2.05) is 44.9 Å². The number of carbonyl (C=O) groups is 2. The van der Waals surface area contributed by atoms with Gasteiger partial charge in [0.2, 0.25) is 5.91 Å². The topological polar surface area (TPSA) is 61.4 Å². The summed E-state index contributed by atoms with van der Waals surface area (Å²) in [4.78, 5) is 27.4. The number of nitrogens with zero attached hydrogens (tertiary/aromatic N) is 1. The standard InChI is InChI=1S/C21H33N3O2/c1-15(2)19(23-20(25)18-7-5-16(3)6-8-18)21(26)24-13-10-17(11-14-24)9-12-22-4/h5-8,15,17,19,22H,9-14H2,1-4H3,(H,23,25). The maximum absolute atomic E-state index is 13.0. The normalized spacial score (nSPS) is 16.6. The Bertz CT molecular complexity index is 590. The highest BCUT2D eigenvalue weighted by molar-refractivity contribution is 5.97. The number of amides is 2. The van der Waals surface area contributed by atoms with Crippen LogP contribution in [0.1, 0.15) is 49.0 Å². The van der Waals surface area contributed by atoms with Crippen molar-refractivity contribution in [2.75, 3.05) is 26.7 Å². The molecular formula is C21H33N3O2. The van der Waals surface area contributed by atoms with E-state index in [1.54, 1.807) is 12.1 Å². The second kappa shape index (κ2) is 9.72. The van der Waals surface area contributed by atoms with Gasteiger partial charge in [0.15, 0.2) is 0 Å². The van der Waals surface area contributed by atoms with Crippen LogP contribution in [0.5, 0.6) is 0 Å². The number of piperidine rings is 1. The van der Waals surface area contributed by atoms with Crippen molar-refractivity contribution >= 4 is 11.8 Å². The Balaban J connectivity index is 1.95. The first kappa shape index (κ1) is 20.4. The SMILES string of the molecule is CNCCC1CCN(C(=O)C(NC(=O)c2ccc(C)cc2)C(C)C)CC1. The summed E-state index contributed by atoms with van der Waals surface area (Å²) in [7, 11) is 1.97. The van der Waals surface area contributed by atoms with E-state index in [1.165, 1.54) is 0 Å². The molecule has 5 heteroatoms. The summed E-state index contributed by atoms with van der Waals surface area (Å²) in [5, 5.41) is 6.15. The van der Waals surface area contributed by atoms with Crippen molar-refractivity contribution in [2.24, 2.45) is 11.8 Å². The lowest BCUT2D eigenvalue weighted by Gasteiger charge is -2.35. The van der Waals surface area contributed by atoms with Gasteiger partial charge in [0.05, 0.1) is 0 Å². The molecule has 1 unspecified atom stereocenters. The summed E-state index contributed by atoms with van der Waals surface area (Å²) in [5.74, 6) is 0.610. The lowest BCUT2D eigenvalue weighted by molar-refractivity contribution is -0.135. The quantitative estimate of drug-likeness (QED) is 0.787. The molecule has 5 nitrogen and oxygen atoms in total. The third kappa shape index (κ3) is 5.56. The number of hydrogen-bond acceptors (Lipinski definition) is 3. The molecule has 2 amide bonds. The zero-order valence-corrected chi connectivity index (χ0v) is 16.5. The van der Waals surface area contributed by atoms with Gasteiger partial charge < -0.3 is 15.5 Å². The highest BCUT2D eigenvalue weighted by Crippen LogP contribution is 2.21. The summed E-state index contributed by atoms with van der Waals surface area (Å²) in [6.45, 7) is 8.56. The van der Waals surface area contributed by atoms with Gasteiger partial charge in [-0.2, -0.15) is 0 Å². The van der Waals surface area contributed by atoms with Crippen molar-refractivity contribution < 1.29 is 9.59 Å². The van der Waals surface area contributed by atoms with Crippen molar-refractivity contribution in [2.45, 2.75) is 46.1 Å². The first-order chi connectivity index (χ1) is 12.4. The minimum absolute atomic E-state index is 0.0486. The van der Waals surface area contributed by atoms with E-state index in [2.05, 4.69) is 10.6 Å². The molecule has 0 spiro atoms. The molecule has 0 saturated carbocycles. The Hall–Kier alpha value is -1.88. The van der Waals surface area contributed by atoms with E-state index in [-0.39, 0.29) is 17.7 Å². The zero-order chi connectivity index (χ0) is 19.1. The molecular weight excluding hydrogens is 326 g/mol. The molecule has 1 heterocycles. The second-order valence-electron chi connectivity index (χ2n) is 7.72. The number of rotatable bonds is 7. The maximum atomic E-state index is 13.0. The molecule has 144 valence electrons. The number of likely N-dealkylation sites (tertiary alicyclic amines) is 1. The molecule has 0 aromatic heterocycles. The smallest absolute Gasteiger partial charge is 0.251 e. The van der Waals surface area contributed by atoms with Crippen LogP contribution in [-0.2, 0) is 4.79 Å². The molecule has 2 N–H and O–H groups in total. The van der Waals surface area contributed by atoms with Crippen LogP contribution in [0.4, 0.5) is 0 Å². The first-order valence-corrected chi connectivity index (χ1v) is 9.73. The van der Waals surface area contributed by atoms with Gasteiger partial charge in [0.25, 0.3) is 5.91 Å². The Morgan fingerprint density at radius 2 is 1.77 bits per heavy atom. The molecule has 1 aromatic rings. The van der Waals surface area contributed by atoms with Crippen LogP contribution in [0.25, 0.3) is 0 Å². The molecule has 1 fully saturated rings. The van der Waals surface area contributed by atoms with Gasteiger partial charge in [-0.15, -0.1) is 0 Å². The molecule has 1 saturated heterocycles.